The molecule has 0 amide bonds. The highest BCUT2D eigenvalue weighted by atomic mass is 15.1. The quantitative estimate of drug-likeness (QED) is 0.742. The molecule has 1 aromatic carbocycles. The summed E-state index contributed by atoms with van der Waals surface area (Å²) in [5.74, 6) is 0. The van der Waals surface area contributed by atoms with Gasteiger partial charge in [-0.05, 0) is 18.6 Å². The Morgan fingerprint density at radius 2 is 2.07 bits per heavy atom. The minimum absolute atomic E-state index is 0.349. The van der Waals surface area contributed by atoms with Gasteiger partial charge < -0.3 is 10.2 Å². The van der Waals surface area contributed by atoms with Crippen molar-refractivity contribution >= 4 is 5.69 Å². The number of hydrogen-bond acceptors (Lipinski definition) is 2. The van der Waals surface area contributed by atoms with Crippen LogP contribution in [0.4, 0.5) is 5.69 Å². The summed E-state index contributed by atoms with van der Waals surface area (Å²) in [5, 5.41) is 3.40. The van der Waals surface area contributed by atoms with Crippen LogP contribution < -0.4 is 10.2 Å². The van der Waals surface area contributed by atoms with E-state index in [1.807, 2.05) is 6.08 Å². The highest BCUT2D eigenvalue weighted by Crippen LogP contribution is 2.24. The first kappa shape index (κ1) is 11.8. The van der Waals surface area contributed by atoms with E-state index >= 15 is 0 Å². The second kappa shape index (κ2) is 5.56. The summed E-state index contributed by atoms with van der Waals surface area (Å²) < 4.78 is 0. The molecule has 0 aliphatic heterocycles. The number of nitrogens with zero attached hydrogens (tertiary/aromatic N) is 1. The van der Waals surface area contributed by atoms with E-state index in [4.69, 9.17) is 0 Å². The molecule has 1 unspecified atom stereocenters. The highest BCUT2D eigenvalue weighted by Gasteiger charge is 2.09. The van der Waals surface area contributed by atoms with Crippen LogP contribution in [-0.2, 0) is 0 Å². The van der Waals surface area contributed by atoms with Crippen molar-refractivity contribution in [1.29, 1.82) is 0 Å². The number of para-hydroxylation sites is 1. The third-order valence-corrected chi connectivity index (χ3v) is 2.45. The van der Waals surface area contributed by atoms with Gasteiger partial charge in [-0.1, -0.05) is 24.3 Å². The fraction of sp³-hybridized carbons (Fsp3) is 0.385. The van der Waals surface area contributed by atoms with Crippen molar-refractivity contribution in [2.75, 3.05) is 25.5 Å². The van der Waals surface area contributed by atoms with Gasteiger partial charge in [0.15, 0.2) is 0 Å². The molecule has 1 N–H and O–H groups in total. The predicted molar refractivity (Wildman–Crippen MR) is 67.4 cm³/mol. The second-order valence-corrected chi connectivity index (χ2v) is 3.87. The minimum atomic E-state index is 0.349. The van der Waals surface area contributed by atoms with Gasteiger partial charge in [-0.15, -0.1) is 6.58 Å². The molecule has 82 valence electrons. The molecule has 0 spiro atoms. The first-order chi connectivity index (χ1) is 7.16. The summed E-state index contributed by atoms with van der Waals surface area (Å²) in [6, 6.07) is 8.80. The van der Waals surface area contributed by atoms with Crippen LogP contribution >= 0.6 is 0 Å². The normalized spacial score (nSPS) is 12.2. The Kier molecular flexibility index (Phi) is 4.37. The summed E-state index contributed by atoms with van der Waals surface area (Å²) in [4.78, 5) is 2.14. The van der Waals surface area contributed by atoms with Crippen LogP contribution in [0.25, 0.3) is 0 Å². The highest BCUT2D eigenvalue weighted by molar-refractivity contribution is 5.53. The molecule has 0 heterocycles. The Labute approximate surface area is 92.6 Å². The van der Waals surface area contributed by atoms with Crippen molar-refractivity contribution in [3.05, 3.63) is 42.5 Å². The molecule has 0 aromatic heterocycles. The first-order valence-electron chi connectivity index (χ1n) is 5.27. The maximum absolute atomic E-state index is 3.71. The van der Waals surface area contributed by atoms with Gasteiger partial charge in [0, 0.05) is 32.4 Å². The Morgan fingerprint density at radius 1 is 1.40 bits per heavy atom. The SMILES string of the molecule is C=CCNC(C)c1ccccc1N(C)C. The van der Waals surface area contributed by atoms with Crippen molar-refractivity contribution in [2.24, 2.45) is 0 Å². The van der Waals surface area contributed by atoms with E-state index in [2.05, 4.69) is 62.1 Å². The Bertz CT molecular complexity index is 318. The summed E-state index contributed by atoms with van der Waals surface area (Å²) >= 11 is 0. The van der Waals surface area contributed by atoms with Crippen molar-refractivity contribution < 1.29 is 0 Å². The first-order valence-corrected chi connectivity index (χ1v) is 5.27. The van der Waals surface area contributed by atoms with E-state index in [-0.39, 0.29) is 0 Å². The van der Waals surface area contributed by atoms with Crippen LogP contribution in [-0.4, -0.2) is 20.6 Å². The number of nitrogens with one attached hydrogen (secondary N) is 1. The lowest BCUT2D eigenvalue weighted by Gasteiger charge is -2.22. The zero-order chi connectivity index (χ0) is 11.3. The van der Waals surface area contributed by atoms with Crippen molar-refractivity contribution in [3.8, 4) is 0 Å². The van der Waals surface area contributed by atoms with Crippen LogP contribution in [0.15, 0.2) is 36.9 Å². The Balaban J connectivity index is 2.86. The third-order valence-electron chi connectivity index (χ3n) is 2.45. The van der Waals surface area contributed by atoms with E-state index in [0.29, 0.717) is 6.04 Å². The molecule has 0 bridgehead atoms. The largest absolute Gasteiger partial charge is 0.377 e. The third kappa shape index (κ3) is 3.10. The zero-order valence-electron chi connectivity index (χ0n) is 9.83. The average Bonchev–Trinajstić information content (AvgIpc) is 2.25. The summed E-state index contributed by atoms with van der Waals surface area (Å²) in [5.41, 5.74) is 2.59. The molecule has 0 aliphatic rings. The molecular formula is C13H20N2. The van der Waals surface area contributed by atoms with Gasteiger partial charge in [0.05, 0.1) is 0 Å². The summed E-state index contributed by atoms with van der Waals surface area (Å²) in [6.07, 6.45) is 1.88. The molecule has 0 saturated heterocycles. The number of benzene rings is 1. The molecule has 2 heteroatoms. The standard InChI is InChI=1S/C13H20N2/c1-5-10-14-11(2)12-8-6-7-9-13(12)15(3)4/h5-9,11,14H,1,10H2,2-4H3. The van der Waals surface area contributed by atoms with Gasteiger partial charge in [0.1, 0.15) is 0 Å². The van der Waals surface area contributed by atoms with Gasteiger partial charge in [-0.3, -0.25) is 0 Å². The number of anilines is 1. The fourth-order valence-electron chi connectivity index (χ4n) is 1.63. The van der Waals surface area contributed by atoms with E-state index < -0.39 is 0 Å². The van der Waals surface area contributed by atoms with E-state index in [1.54, 1.807) is 0 Å². The Morgan fingerprint density at radius 3 is 2.67 bits per heavy atom. The molecule has 15 heavy (non-hydrogen) atoms. The van der Waals surface area contributed by atoms with Gasteiger partial charge in [-0.2, -0.15) is 0 Å². The molecule has 1 atom stereocenters. The smallest absolute Gasteiger partial charge is 0.0409 e. The number of hydrogen-bond donors (Lipinski definition) is 1. The molecule has 2 nitrogen and oxygen atoms in total. The molecule has 0 fully saturated rings. The molecular weight excluding hydrogens is 184 g/mol. The summed E-state index contributed by atoms with van der Waals surface area (Å²) in [6.45, 7) is 6.72. The monoisotopic (exact) mass is 204 g/mol. The van der Waals surface area contributed by atoms with Crippen LogP contribution in [0.1, 0.15) is 18.5 Å². The molecule has 1 aromatic rings. The second-order valence-electron chi connectivity index (χ2n) is 3.87. The van der Waals surface area contributed by atoms with Crippen LogP contribution in [0.2, 0.25) is 0 Å². The summed E-state index contributed by atoms with van der Waals surface area (Å²) in [7, 11) is 4.14. The number of rotatable bonds is 5. The fourth-order valence-corrected chi connectivity index (χ4v) is 1.63. The lowest BCUT2D eigenvalue weighted by molar-refractivity contribution is 0.617. The molecule has 0 aliphatic carbocycles. The van der Waals surface area contributed by atoms with Crippen molar-refractivity contribution in [1.82, 2.24) is 5.32 Å². The maximum atomic E-state index is 3.71. The minimum Gasteiger partial charge on any atom is -0.377 e. The van der Waals surface area contributed by atoms with Crippen LogP contribution in [0, 0.1) is 0 Å². The van der Waals surface area contributed by atoms with Crippen molar-refractivity contribution in [3.63, 3.8) is 0 Å². The maximum Gasteiger partial charge on any atom is 0.0409 e. The lowest BCUT2D eigenvalue weighted by atomic mass is 10.1. The lowest BCUT2D eigenvalue weighted by Crippen LogP contribution is -2.21. The van der Waals surface area contributed by atoms with E-state index in [0.717, 1.165) is 6.54 Å². The van der Waals surface area contributed by atoms with Crippen LogP contribution in [0.5, 0.6) is 0 Å². The topological polar surface area (TPSA) is 15.3 Å². The average molecular weight is 204 g/mol. The van der Waals surface area contributed by atoms with E-state index in [9.17, 15) is 0 Å². The molecule has 0 saturated carbocycles. The van der Waals surface area contributed by atoms with Gasteiger partial charge in [0.2, 0.25) is 0 Å². The Hall–Kier alpha value is -1.28. The zero-order valence-corrected chi connectivity index (χ0v) is 9.83. The van der Waals surface area contributed by atoms with Crippen molar-refractivity contribution in [2.45, 2.75) is 13.0 Å². The molecule has 1 rings (SSSR count). The van der Waals surface area contributed by atoms with Crippen LogP contribution in [0.3, 0.4) is 0 Å². The van der Waals surface area contributed by atoms with Gasteiger partial charge >= 0.3 is 0 Å². The van der Waals surface area contributed by atoms with Gasteiger partial charge in [-0.25, -0.2) is 0 Å². The predicted octanol–water partition coefficient (Wildman–Crippen LogP) is 2.59. The molecule has 0 radical (unpaired) electrons. The van der Waals surface area contributed by atoms with E-state index in [1.165, 1.54) is 11.3 Å². The van der Waals surface area contributed by atoms with Gasteiger partial charge in [0.25, 0.3) is 0 Å².